The summed E-state index contributed by atoms with van der Waals surface area (Å²) in [5, 5.41) is 3.48. The molecule has 1 aliphatic heterocycles. The maximum Gasteiger partial charge on any atom is 0.405 e. The Morgan fingerprint density at radius 2 is 1.88 bits per heavy atom. The van der Waals surface area contributed by atoms with E-state index < -0.39 is 24.7 Å². The molecule has 0 atom stereocenters. The lowest BCUT2D eigenvalue weighted by atomic mass is 10.3. The summed E-state index contributed by atoms with van der Waals surface area (Å²) in [5.41, 5.74) is 0. The summed E-state index contributed by atoms with van der Waals surface area (Å²) in [6.07, 6.45) is -2.81. The molecule has 1 aliphatic rings. The quantitative estimate of drug-likeness (QED) is 0.764. The predicted molar refractivity (Wildman–Crippen MR) is 88.2 cm³/mol. The minimum atomic E-state index is -4.52. The SMILES string of the molecule is O=C(CN1CCN(c2ccc(Br)cn2)CC1)NC(=O)NCC(F)(F)F. The van der Waals surface area contributed by atoms with Crippen LogP contribution in [0.5, 0.6) is 0 Å². The highest BCUT2D eigenvalue weighted by Crippen LogP contribution is 2.16. The minimum Gasteiger partial charge on any atom is -0.354 e. The Balaban J connectivity index is 1.71. The monoisotopic (exact) mass is 423 g/mol. The molecule has 1 saturated heterocycles. The van der Waals surface area contributed by atoms with Crippen molar-refractivity contribution in [1.82, 2.24) is 20.5 Å². The lowest BCUT2D eigenvalue weighted by molar-refractivity contribution is -0.125. The van der Waals surface area contributed by atoms with Crippen molar-refractivity contribution in [3.63, 3.8) is 0 Å². The molecular formula is C14H17BrF3N5O2. The van der Waals surface area contributed by atoms with Crippen LogP contribution in [-0.4, -0.2) is 67.3 Å². The van der Waals surface area contributed by atoms with Crippen LogP contribution >= 0.6 is 15.9 Å². The first-order valence-electron chi connectivity index (χ1n) is 7.46. The molecule has 25 heavy (non-hydrogen) atoms. The van der Waals surface area contributed by atoms with Gasteiger partial charge in [0.25, 0.3) is 0 Å². The Morgan fingerprint density at radius 1 is 1.20 bits per heavy atom. The van der Waals surface area contributed by atoms with Gasteiger partial charge in [-0.2, -0.15) is 13.2 Å². The van der Waals surface area contributed by atoms with Crippen molar-refractivity contribution in [3.05, 3.63) is 22.8 Å². The second-order valence-electron chi connectivity index (χ2n) is 5.44. The molecule has 11 heteroatoms. The zero-order chi connectivity index (χ0) is 18.4. The normalized spacial score (nSPS) is 15.8. The maximum absolute atomic E-state index is 12.0. The number of aromatic nitrogens is 1. The van der Waals surface area contributed by atoms with E-state index in [1.54, 1.807) is 11.5 Å². The largest absolute Gasteiger partial charge is 0.405 e. The van der Waals surface area contributed by atoms with Gasteiger partial charge in [0, 0.05) is 36.8 Å². The van der Waals surface area contributed by atoms with E-state index in [0.717, 1.165) is 10.3 Å². The van der Waals surface area contributed by atoms with Gasteiger partial charge in [0.2, 0.25) is 5.91 Å². The molecule has 0 aliphatic carbocycles. The van der Waals surface area contributed by atoms with E-state index in [1.165, 1.54) is 0 Å². The molecule has 0 aromatic carbocycles. The Morgan fingerprint density at radius 3 is 2.44 bits per heavy atom. The standard InChI is InChI=1S/C14H17BrF3N5O2/c15-10-1-2-11(19-7-10)23-5-3-22(4-6-23)8-12(24)21-13(25)20-9-14(16,17)18/h1-2,7H,3-6,8-9H2,(H2,20,21,24,25). The average molecular weight is 424 g/mol. The van der Waals surface area contributed by atoms with Crippen LogP contribution in [-0.2, 0) is 4.79 Å². The molecule has 0 unspecified atom stereocenters. The first-order chi connectivity index (χ1) is 11.7. The highest BCUT2D eigenvalue weighted by molar-refractivity contribution is 9.10. The fourth-order valence-corrected chi connectivity index (χ4v) is 2.52. The van der Waals surface area contributed by atoms with Crippen LogP contribution in [0.3, 0.4) is 0 Å². The number of nitrogens with one attached hydrogen (secondary N) is 2. The number of carbonyl (C=O) groups is 2. The molecule has 1 fully saturated rings. The summed E-state index contributed by atoms with van der Waals surface area (Å²) in [5.74, 6) is 0.189. The van der Waals surface area contributed by atoms with Gasteiger partial charge in [0.1, 0.15) is 12.4 Å². The van der Waals surface area contributed by atoms with E-state index in [-0.39, 0.29) is 6.54 Å². The minimum absolute atomic E-state index is 0.0545. The number of pyridine rings is 1. The van der Waals surface area contributed by atoms with Gasteiger partial charge in [0.15, 0.2) is 0 Å². The number of carbonyl (C=O) groups excluding carboxylic acids is 2. The third-order valence-corrected chi connectivity index (χ3v) is 3.95. The van der Waals surface area contributed by atoms with Gasteiger partial charge >= 0.3 is 12.2 Å². The number of alkyl halides is 3. The van der Waals surface area contributed by atoms with E-state index in [1.807, 2.05) is 22.3 Å². The van der Waals surface area contributed by atoms with E-state index in [9.17, 15) is 22.8 Å². The summed E-state index contributed by atoms with van der Waals surface area (Å²) in [6.45, 7) is 0.932. The molecule has 2 N–H and O–H groups in total. The number of rotatable bonds is 4. The van der Waals surface area contributed by atoms with Crippen LogP contribution in [0, 0.1) is 0 Å². The smallest absolute Gasteiger partial charge is 0.354 e. The molecule has 2 heterocycles. The fourth-order valence-electron chi connectivity index (χ4n) is 2.28. The Labute approximate surface area is 150 Å². The topological polar surface area (TPSA) is 77.6 Å². The highest BCUT2D eigenvalue weighted by atomic mass is 79.9. The fraction of sp³-hybridized carbons (Fsp3) is 0.500. The summed E-state index contributed by atoms with van der Waals surface area (Å²) >= 11 is 3.32. The Bertz CT molecular complexity index is 603. The van der Waals surface area contributed by atoms with Gasteiger partial charge in [-0.15, -0.1) is 0 Å². The van der Waals surface area contributed by atoms with Gasteiger partial charge in [-0.05, 0) is 28.1 Å². The third kappa shape index (κ3) is 6.86. The number of halogens is 4. The number of hydrogen-bond acceptors (Lipinski definition) is 5. The van der Waals surface area contributed by atoms with E-state index in [2.05, 4.69) is 25.8 Å². The first-order valence-corrected chi connectivity index (χ1v) is 8.25. The summed E-state index contributed by atoms with van der Waals surface area (Å²) in [6, 6.07) is 2.62. The molecule has 0 bridgehead atoms. The number of amides is 3. The highest BCUT2D eigenvalue weighted by Gasteiger charge is 2.28. The van der Waals surface area contributed by atoms with Crippen LogP contribution < -0.4 is 15.5 Å². The molecule has 138 valence electrons. The van der Waals surface area contributed by atoms with Crippen molar-refractivity contribution in [2.24, 2.45) is 0 Å². The van der Waals surface area contributed by atoms with Gasteiger partial charge in [-0.1, -0.05) is 0 Å². The number of nitrogens with zero attached hydrogens (tertiary/aromatic N) is 3. The maximum atomic E-state index is 12.0. The number of imide groups is 1. The molecular weight excluding hydrogens is 407 g/mol. The van der Waals surface area contributed by atoms with Crippen LogP contribution in [0.4, 0.5) is 23.8 Å². The molecule has 0 saturated carbocycles. The van der Waals surface area contributed by atoms with Crippen molar-refractivity contribution in [2.45, 2.75) is 6.18 Å². The number of anilines is 1. The molecule has 1 aromatic rings. The van der Waals surface area contributed by atoms with Crippen LogP contribution in [0.25, 0.3) is 0 Å². The van der Waals surface area contributed by atoms with Crippen molar-refractivity contribution >= 4 is 33.7 Å². The van der Waals surface area contributed by atoms with E-state index in [0.29, 0.717) is 26.2 Å². The lowest BCUT2D eigenvalue weighted by Gasteiger charge is -2.34. The van der Waals surface area contributed by atoms with Crippen molar-refractivity contribution in [2.75, 3.05) is 44.2 Å². The molecule has 0 spiro atoms. The lowest BCUT2D eigenvalue weighted by Crippen LogP contribution is -2.51. The van der Waals surface area contributed by atoms with Gasteiger partial charge in [-0.25, -0.2) is 9.78 Å². The summed E-state index contributed by atoms with van der Waals surface area (Å²) in [7, 11) is 0. The van der Waals surface area contributed by atoms with Crippen molar-refractivity contribution in [3.8, 4) is 0 Å². The van der Waals surface area contributed by atoms with Crippen LogP contribution in [0.15, 0.2) is 22.8 Å². The van der Waals surface area contributed by atoms with Gasteiger partial charge in [-0.3, -0.25) is 15.0 Å². The van der Waals surface area contributed by atoms with Crippen molar-refractivity contribution < 1.29 is 22.8 Å². The number of piperazine rings is 1. The second-order valence-corrected chi connectivity index (χ2v) is 6.36. The molecule has 0 radical (unpaired) electrons. The van der Waals surface area contributed by atoms with Crippen molar-refractivity contribution in [1.29, 1.82) is 0 Å². The van der Waals surface area contributed by atoms with Gasteiger partial charge in [0.05, 0.1) is 6.54 Å². The Kier molecular flexibility index (Phi) is 6.59. The summed E-state index contributed by atoms with van der Waals surface area (Å²) in [4.78, 5) is 31.1. The molecule has 1 aromatic heterocycles. The number of urea groups is 1. The first kappa shape index (κ1) is 19.4. The molecule has 7 nitrogen and oxygen atoms in total. The van der Waals surface area contributed by atoms with Crippen LogP contribution in [0.2, 0.25) is 0 Å². The molecule has 2 rings (SSSR count). The third-order valence-electron chi connectivity index (χ3n) is 3.48. The zero-order valence-corrected chi connectivity index (χ0v) is 14.7. The average Bonchev–Trinajstić information content (AvgIpc) is 2.54. The number of hydrogen-bond donors (Lipinski definition) is 2. The zero-order valence-electron chi connectivity index (χ0n) is 13.1. The molecule has 3 amide bonds. The van der Waals surface area contributed by atoms with E-state index >= 15 is 0 Å². The Hall–Kier alpha value is -1.88. The van der Waals surface area contributed by atoms with Crippen LogP contribution in [0.1, 0.15) is 0 Å². The summed E-state index contributed by atoms with van der Waals surface area (Å²) < 4.78 is 36.8. The predicted octanol–water partition coefficient (Wildman–Crippen LogP) is 1.35. The second kappa shape index (κ2) is 8.48. The van der Waals surface area contributed by atoms with Gasteiger partial charge < -0.3 is 10.2 Å². The van der Waals surface area contributed by atoms with E-state index in [4.69, 9.17) is 0 Å².